The first kappa shape index (κ1) is 18.0. The number of benzene rings is 3. The lowest BCUT2D eigenvalue weighted by atomic mass is 9.84. The third-order valence-electron chi connectivity index (χ3n) is 5.25. The van der Waals surface area contributed by atoms with E-state index in [-0.39, 0.29) is 0 Å². The van der Waals surface area contributed by atoms with Crippen LogP contribution in [0.5, 0.6) is 0 Å². The maximum Gasteiger partial charge on any atom is 0.169 e. The summed E-state index contributed by atoms with van der Waals surface area (Å²) in [5, 5.41) is 4.50. The first-order chi connectivity index (χ1) is 14.9. The van der Waals surface area contributed by atoms with Gasteiger partial charge in [-0.05, 0) is 34.4 Å². The summed E-state index contributed by atoms with van der Waals surface area (Å²) in [5.74, 6) is 0.642. The minimum atomic E-state index is -0.715. The molecule has 1 aliphatic rings. The summed E-state index contributed by atoms with van der Waals surface area (Å²) in [7, 11) is 0. The standard InChI is InChI=1S/C26H20N4/c1-4-10-20(11-5-1)21-16-17-27-24(18-21)25-29-26(19-28-30-25,22-12-6-2-7-13-22)23-14-8-3-9-15-23/h1-19H,(H,29,30). The van der Waals surface area contributed by atoms with Crippen LogP contribution in [-0.2, 0) is 5.54 Å². The maximum atomic E-state index is 5.15. The van der Waals surface area contributed by atoms with Crippen LogP contribution in [0, 0.1) is 0 Å². The molecule has 0 spiro atoms. The van der Waals surface area contributed by atoms with Gasteiger partial charge in [0.25, 0.3) is 0 Å². The zero-order chi connectivity index (χ0) is 20.2. The van der Waals surface area contributed by atoms with Crippen LogP contribution in [0.25, 0.3) is 11.1 Å². The van der Waals surface area contributed by atoms with Gasteiger partial charge in [-0.2, -0.15) is 5.10 Å². The highest BCUT2D eigenvalue weighted by atomic mass is 15.3. The number of hydrazone groups is 1. The SMILES string of the molecule is C1=NNC(c2cc(-c3ccccc3)ccn2)=NC1(c1ccccc1)c1ccccc1. The Morgan fingerprint density at radius 2 is 1.23 bits per heavy atom. The maximum absolute atomic E-state index is 5.15. The molecular weight excluding hydrogens is 368 g/mol. The summed E-state index contributed by atoms with van der Waals surface area (Å²) >= 11 is 0. The summed E-state index contributed by atoms with van der Waals surface area (Å²) in [6.45, 7) is 0. The highest BCUT2D eigenvalue weighted by molar-refractivity contribution is 6.02. The molecule has 0 atom stereocenters. The Hall–Kier alpha value is -4.05. The highest BCUT2D eigenvalue weighted by Gasteiger charge is 2.35. The molecule has 4 aromatic rings. The Kier molecular flexibility index (Phi) is 4.66. The second-order valence-corrected chi connectivity index (χ2v) is 7.12. The first-order valence-corrected chi connectivity index (χ1v) is 9.88. The van der Waals surface area contributed by atoms with Crippen molar-refractivity contribution < 1.29 is 0 Å². The fourth-order valence-corrected chi connectivity index (χ4v) is 3.73. The lowest BCUT2D eigenvalue weighted by Gasteiger charge is -2.30. The van der Waals surface area contributed by atoms with E-state index in [1.165, 1.54) is 0 Å². The van der Waals surface area contributed by atoms with Gasteiger partial charge in [-0.25, -0.2) is 4.99 Å². The molecule has 4 heteroatoms. The number of hydrogen-bond donors (Lipinski definition) is 1. The number of amidine groups is 1. The van der Waals surface area contributed by atoms with Crippen LogP contribution in [-0.4, -0.2) is 17.0 Å². The van der Waals surface area contributed by atoms with Crippen LogP contribution >= 0.6 is 0 Å². The van der Waals surface area contributed by atoms with Crippen LogP contribution in [0.15, 0.2) is 119 Å². The van der Waals surface area contributed by atoms with Crippen LogP contribution in [0.2, 0.25) is 0 Å². The number of nitrogens with zero attached hydrogens (tertiary/aromatic N) is 3. The van der Waals surface area contributed by atoms with Gasteiger partial charge in [0, 0.05) is 6.20 Å². The average Bonchev–Trinajstić information content (AvgIpc) is 2.86. The van der Waals surface area contributed by atoms with E-state index < -0.39 is 5.54 Å². The van der Waals surface area contributed by atoms with Gasteiger partial charge < -0.3 is 0 Å². The second kappa shape index (κ2) is 7.76. The molecule has 3 aromatic carbocycles. The van der Waals surface area contributed by atoms with Gasteiger partial charge >= 0.3 is 0 Å². The number of aliphatic imine (C=N–C) groups is 1. The van der Waals surface area contributed by atoms with Gasteiger partial charge in [-0.1, -0.05) is 91.0 Å². The Morgan fingerprint density at radius 1 is 0.633 bits per heavy atom. The van der Waals surface area contributed by atoms with Gasteiger partial charge in [0.05, 0.1) is 6.21 Å². The molecule has 0 aliphatic carbocycles. The van der Waals surface area contributed by atoms with Gasteiger partial charge in [-0.3, -0.25) is 10.4 Å². The van der Waals surface area contributed by atoms with Crippen molar-refractivity contribution in [3.63, 3.8) is 0 Å². The molecule has 30 heavy (non-hydrogen) atoms. The summed E-state index contributed by atoms with van der Waals surface area (Å²) in [5.41, 5.74) is 7.44. The van der Waals surface area contributed by atoms with Gasteiger partial charge in [0.2, 0.25) is 0 Å². The van der Waals surface area contributed by atoms with Gasteiger partial charge in [-0.15, -0.1) is 0 Å². The van der Waals surface area contributed by atoms with E-state index in [1.54, 1.807) is 0 Å². The Labute approximate surface area is 175 Å². The summed E-state index contributed by atoms with van der Waals surface area (Å²) in [6.07, 6.45) is 3.68. The van der Waals surface area contributed by atoms with Crippen molar-refractivity contribution >= 4 is 12.1 Å². The van der Waals surface area contributed by atoms with Gasteiger partial charge in [0.1, 0.15) is 11.2 Å². The van der Waals surface area contributed by atoms with E-state index in [0.29, 0.717) is 5.84 Å². The van der Waals surface area contributed by atoms with Crippen molar-refractivity contribution in [3.8, 4) is 11.1 Å². The second-order valence-electron chi connectivity index (χ2n) is 7.12. The molecule has 0 fully saturated rings. The smallest absolute Gasteiger partial charge is 0.169 e. The molecule has 0 bridgehead atoms. The molecule has 144 valence electrons. The van der Waals surface area contributed by atoms with E-state index in [1.807, 2.05) is 79.1 Å². The number of nitrogens with one attached hydrogen (secondary N) is 1. The van der Waals surface area contributed by atoms with E-state index in [0.717, 1.165) is 27.9 Å². The highest BCUT2D eigenvalue weighted by Crippen LogP contribution is 2.34. The lowest BCUT2D eigenvalue weighted by Crippen LogP contribution is -2.37. The van der Waals surface area contributed by atoms with E-state index in [2.05, 4.69) is 51.9 Å². The molecule has 1 aromatic heterocycles. The van der Waals surface area contributed by atoms with Crippen LogP contribution < -0.4 is 5.43 Å². The monoisotopic (exact) mass is 388 g/mol. The summed E-state index contributed by atoms with van der Waals surface area (Å²) < 4.78 is 0. The van der Waals surface area contributed by atoms with Crippen molar-refractivity contribution in [3.05, 3.63) is 126 Å². The van der Waals surface area contributed by atoms with E-state index >= 15 is 0 Å². The molecule has 0 radical (unpaired) electrons. The fourth-order valence-electron chi connectivity index (χ4n) is 3.73. The molecule has 5 rings (SSSR count). The molecule has 2 heterocycles. The van der Waals surface area contributed by atoms with Crippen molar-refractivity contribution in [1.29, 1.82) is 0 Å². The normalized spacial score (nSPS) is 14.6. The molecule has 0 saturated heterocycles. The summed E-state index contributed by atoms with van der Waals surface area (Å²) in [4.78, 5) is 9.73. The average molecular weight is 388 g/mol. The van der Waals surface area contributed by atoms with Crippen molar-refractivity contribution in [2.45, 2.75) is 5.54 Å². The Morgan fingerprint density at radius 3 is 1.87 bits per heavy atom. The number of rotatable bonds is 4. The van der Waals surface area contributed by atoms with Crippen molar-refractivity contribution in [2.24, 2.45) is 10.1 Å². The van der Waals surface area contributed by atoms with Gasteiger partial charge in [0.15, 0.2) is 5.84 Å². The zero-order valence-electron chi connectivity index (χ0n) is 16.3. The third kappa shape index (κ3) is 3.29. The predicted molar refractivity (Wildman–Crippen MR) is 122 cm³/mol. The molecule has 4 nitrogen and oxygen atoms in total. The van der Waals surface area contributed by atoms with E-state index in [4.69, 9.17) is 4.99 Å². The third-order valence-corrected chi connectivity index (χ3v) is 5.25. The van der Waals surface area contributed by atoms with Crippen LogP contribution in [0.1, 0.15) is 16.8 Å². The Balaban J connectivity index is 1.65. The molecule has 0 unspecified atom stereocenters. The molecule has 1 aliphatic heterocycles. The first-order valence-electron chi connectivity index (χ1n) is 9.88. The summed E-state index contributed by atoms with van der Waals surface area (Å²) in [6, 6.07) is 34.8. The number of hydrogen-bond acceptors (Lipinski definition) is 4. The Bertz CT molecular complexity index is 1160. The molecular formula is C26H20N4. The van der Waals surface area contributed by atoms with Crippen LogP contribution in [0.3, 0.4) is 0 Å². The predicted octanol–water partition coefficient (Wildman–Crippen LogP) is 5.03. The number of aromatic nitrogens is 1. The minimum absolute atomic E-state index is 0.642. The van der Waals surface area contributed by atoms with Crippen molar-refractivity contribution in [1.82, 2.24) is 10.4 Å². The molecule has 0 amide bonds. The molecule has 0 saturated carbocycles. The zero-order valence-corrected chi connectivity index (χ0v) is 16.3. The molecule has 1 N–H and O–H groups in total. The van der Waals surface area contributed by atoms with Crippen molar-refractivity contribution in [2.75, 3.05) is 0 Å². The van der Waals surface area contributed by atoms with E-state index in [9.17, 15) is 0 Å². The minimum Gasteiger partial charge on any atom is -0.260 e. The number of pyridine rings is 1. The largest absolute Gasteiger partial charge is 0.260 e. The fraction of sp³-hybridized carbons (Fsp3) is 0.0385. The van der Waals surface area contributed by atoms with Crippen LogP contribution in [0.4, 0.5) is 0 Å². The topological polar surface area (TPSA) is 49.6 Å². The quantitative estimate of drug-likeness (QED) is 0.533. The lowest BCUT2D eigenvalue weighted by molar-refractivity contribution is 0.711.